The molecule has 5 heteroatoms. The van der Waals surface area contributed by atoms with Gasteiger partial charge in [0.25, 0.3) is 5.91 Å². The van der Waals surface area contributed by atoms with Crippen molar-refractivity contribution in [2.24, 2.45) is 11.7 Å². The Bertz CT molecular complexity index is 448. The first-order valence-corrected chi connectivity index (χ1v) is 7.55. The third-order valence-corrected chi connectivity index (χ3v) is 3.71. The predicted octanol–water partition coefficient (Wildman–Crippen LogP) is 3.02. The van der Waals surface area contributed by atoms with Crippen molar-refractivity contribution in [3.63, 3.8) is 0 Å². The average Bonchev–Trinajstić information content (AvgIpc) is 2.45. The van der Waals surface area contributed by atoms with E-state index < -0.39 is 6.10 Å². The second kappa shape index (κ2) is 9.70. The van der Waals surface area contributed by atoms with Gasteiger partial charge in [-0.05, 0) is 38.3 Å². The van der Waals surface area contributed by atoms with Gasteiger partial charge in [0.1, 0.15) is 5.75 Å². The summed E-state index contributed by atoms with van der Waals surface area (Å²) < 4.78 is 5.68. The third kappa shape index (κ3) is 6.67. The van der Waals surface area contributed by atoms with Gasteiger partial charge in [-0.1, -0.05) is 31.5 Å². The number of ether oxygens (including phenoxy) is 1. The number of likely N-dealkylation sites (N-methyl/N-ethyl adjacent to an activating group) is 1. The molecule has 2 unspecified atom stereocenters. The van der Waals surface area contributed by atoms with E-state index in [0.717, 1.165) is 6.42 Å². The molecule has 126 valence electrons. The van der Waals surface area contributed by atoms with E-state index in [4.69, 9.17) is 10.5 Å². The summed E-state index contributed by atoms with van der Waals surface area (Å²) >= 11 is 0. The Labute approximate surface area is 140 Å². The van der Waals surface area contributed by atoms with Crippen LogP contribution in [0.15, 0.2) is 24.3 Å². The van der Waals surface area contributed by atoms with E-state index in [0.29, 0.717) is 18.2 Å². The van der Waals surface area contributed by atoms with Crippen molar-refractivity contribution in [1.82, 2.24) is 4.90 Å². The molecule has 0 heterocycles. The van der Waals surface area contributed by atoms with Crippen LogP contribution < -0.4 is 10.5 Å². The van der Waals surface area contributed by atoms with E-state index in [1.165, 1.54) is 5.56 Å². The molecule has 0 aliphatic rings. The van der Waals surface area contributed by atoms with Crippen molar-refractivity contribution in [1.29, 1.82) is 0 Å². The minimum atomic E-state index is -0.493. The van der Waals surface area contributed by atoms with Crippen LogP contribution in [0.1, 0.15) is 32.8 Å². The lowest BCUT2D eigenvalue weighted by Crippen LogP contribution is -2.40. The lowest BCUT2D eigenvalue weighted by molar-refractivity contribution is -0.136. The quantitative estimate of drug-likeness (QED) is 0.837. The fraction of sp³-hybridized carbons (Fsp3) is 0.588. The van der Waals surface area contributed by atoms with Crippen molar-refractivity contribution in [2.45, 2.75) is 46.3 Å². The Morgan fingerprint density at radius 3 is 2.27 bits per heavy atom. The molecule has 0 fully saturated rings. The molecule has 22 heavy (non-hydrogen) atoms. The number of amides is 1. The summed E-state index contributed by atoms with van der Waals surface area (Å²) in [5.41, 5.74) is 7.18. The SMILES string of the molecule is Cc1ccc(OC(C)C(=O)N(C)CCC(N)C(C)C)cc1.Cl. The molecule has 0 aromatic heterocycles. The summed E-state index contributed by atoms with van der Waals surface area (Å²) in [7, 11) is 1.80. The predicted molar refractivity (Wildman–Crippen MR) is 93.6 cm³/mol. The van der Waals surface area contributed by atoms with Crippen LogP contribution in [0.4, 0.5) is 0 Å². The number of hydrogen-bond donors (Lipinski definition) is 1. The van der Waals surface area contributed by atoms with Crippen LogP contribution in [0, 0.1) is 12.8 Å². The van der Waals surface area contributed by atoms with Crippen molar-refractivity contribution in [2.75, 3.05) is 13.6 Å². The molecule has 0 saturated carbocycles. The minimum absolute atomic E-state index is 0. The number of benzene rings is 1. The van der Waals surface area contributed by atoms with Gasteiger partial charge in [0.05, 0.1) is 0 Å². The van der Waals surface area contributed by atoms with Crippen molar-refractivity contribution in [3.05, 3.63) is 29.8 Å². The monoisotopic (exact) mass is 328 g/mol. The molecule has 2 N–H and O–H groups in total. The van der Waals surface area contributed by atoms with Crippen LogP contribution >= 0.6 is 12.4 Å². The van der Waals surface area contributed by atoms with Crippen LogP contribution in [0.25, 0.3) is 0 Å². The number of hydrogen-bond acceptors (Lipinski definition) is 3. The highest BCUT2D eigenvalue weighted by Gasteiger charge is 2.20. The summed E-state index contributed by atoms with van der Waals surface area (Å²) in [6, 6.07) is 7.82. The van der Waals surface area contributed by atoms with E-state index >= 15 is 0 Å². The van der Waals surface area contributed by atoms with Crippen LogP contribution in [-0.4, -0.2) is 36.5 Å². The highest BCUT2D eigenvalue weighted by molar-refractivity contribution is 5.85. The Hall–Kier alpha value is -1.26. The zero-order chi connectivity index (χ0) is 16.0. The fourth-order valence-corrected chi connectivity index (χ4v) is 1.97. The Kier molecular flexibility index (Phi) is 9.14. The Morgan fingerprint density at radius 2 is 1.77 bits per heavy atom. The van der Waals surface area contributed by atoms with Gasteiger partial charge in [0, 0.05) is 19.6 Å². The Balaban J connectivity index is 0.00000441. The van der Waals surface area contributed by atoms with E-state index in [9.17, 15) is 4.79 Å². The first-order valence-electron chi connectivity index (χ1n) is 7.55. The molecule has 1 aromatic carbocycles. The van der Waals surface area contributed by atoms with E-state index in [2.05, 4.69) is 13.8 Å². The molecule has 0 radical (unpaired) electrons. The van der Waals surface area contributed by atoms with Crippen LogP contribution in [0.2, 0.25) is 0 Å². The topological polar surface area (TPSA) is 55.6 Å². The maximum absolute atomic E-state index is 12.3. The van der Waals surface area contributed by atoms with Gasteiger partial charge in [0.15, 0.2) is 6.10 Å². The third-order valence-electron chi connectivity index (χ3n) is 3.71. The van der Waals surface area contributed by atoms with Gasteiger partial charge in [-0.15, -0.1) is 12.4 Å². The van der Waals surface area contributed by atoms with Gasteiger partial charge in [-0.3, -0.25) is 4.79 Å². The van der Waals surface area contributed by atoms with Crippen molar-refractivity contribution in [3.8, 4) is 5.75 Å². The van der Waals surface area contributed by atoms with Crippen molar-refractivity contribution < 1.29 is 9.53 Å². The lowest BCUT2D eigenvalue weighted by atomic mass is 10.0. The summed E-state index contributed by atoms with van der Waals surface area (Å²) in [5.74, 6) is 1.12. The summed E-state index contributed by atoms with van der Waals surface area (Å²) in [5, 5.41) is 0. The minimum Gasteiger partial charge on any atom is -0.481 e. The highest BCUT2D eigenvalue weighted by Crippen LogP contribution is 2.14. The number of carbonyl (C=O) groups is 1. The molecule has 4 nitrogen and oxygen atoms in total. The zero-order valence-corrected chi connectivity index (χ0v) is 15.0. The first kappa shape index (κ1) is 20.7. The molecule has 2 atom stereocenters. The molecular weight excluding hydrogens is 300 g/mol. The number of carbonyl (C=O) groups excluding carboxylic acids is 1. The molecule has 0 saturated heterocycles. The molecule has 0 aliphatic carbocycles. The van der Waals surface area contributed by atoms with Gasteiger partial charge in [-0.25, -0.2) is 0 Å². The molecule has 0 bridgehead atoms. The summed E-state index contributed by atoms with van der Waals surface area (Å²) in [6.07, 6.45) is 0.310. The van der Waals surface area contributed by atoms with Gasteiger partial charge in [-0.2, -0.15) is 0 Å². The van der Waals surface area contributed by atoms with Gasteiger partial charge in [0.2, 0.25) is 0 Å². The van der Waals surface area contributed by atoms with E-state index in [-0.39, 0.29) is 24.4 Å². The lowest BCUT2D eigenvalue weighted by Gasteiger charge is -2.24. The molecule has 1 amide bonds. The van der Waals surface area contributed by atoms with Crippen LogP contribution in [0.5, 0.6) is 5.75 Å². The van der Waals surface area contributed by atoms with E-state index in [1.807, 2.05) is 31.2 Å². The smallest absolute Gasteiger partial charge is 0.263 e. The number of aryl methyl sites for hydroxylation is 1. The second-order valence-electron chi connectivity index (χ2n) is 6.03. The van der Waals surface area contributed by atoms with E-state index in [1.54, 1.807) is 18.9 Å². The number of rotatable bonds is 7. The summed E-state index contributed by atoms with van der Waals surface area (Å²) in [4.78, 5) is 14.0. The maximum Gasteiger partial charge on any atom is 0.263 e. The summed E-state index contributed by atoms with van der Waals surface area (Å²) in [6.45, 7) is 8.64. The molecule has 0 spiro atoms. The molecular formula is C17H29ClN2O2. The molecule has 1 rings (SSSR count). The molecule has 1 aromatic rings. The first-order chi connectivity index (χ1) is 9.81. The Morgan fingerprint density at radius 1 is 1.23 bits per heavy atom. The van der Waals surface area contributed by atoms with Crippen LogP contribution in [0.3, 0.4) is 0 Å². The van der Waals surface area contributed by atoms with Gasteiger partial charge < -0.3 is 15.4 Å². The largest absolute Gasteiger partial charge is 0.481 e. The average molecular weight is 329 g/mol. The molecule has 0 aliphatic heterocycles. The number of nitrogens with two attached hydrogens (primary N) is 1. The standard InChI is InChI=1S/C17H28N2O2.ClH/c1-12(2)16(18)10-11-19(5)17(20)14(4)21-15-8-6-13(3)7-9-15;/h6-9,12,14,16H,10-11,18H2,1-5H3;1H. The van der Waals surface area contributed by atoms with Crippen LogP contribution in [-0.2, 0) is 4.79 Å². The number of nitrogens with zero attached hydrogens (tertiary/aromatic N) is 1. The van der Waals surface area contributed by atoms with Crippen molar-refractivity contribution >= 4 is 18.3 Å². The zero-order valence-electron chi connectivity index (χ0n) is 14.2. The normalized spacial score (nSPS) is 13.2. The second-order valence-corrected chi connectivity index (χ2v) is 6.03. The fourth-order valence-electron chi connectivity index (χ4n) is 1.97. The highest BCUT2D eigenvalue weighted by atomic mass is 35.5. The van der Waals surface area contributed by atoms with Gasteiger partial charge >= 0.3 is 0 Å². The number of halogens is 1. The maximum atomic E-state index is 12.3.